The van der Waals surface area contributed by atoms with Crippen molar-refractivity contribution in [2.45, 2.75) is 19.9 Å². The fourth-order valence-corrected chi connectivity index (χ4v) is 3.10. The molecule has 0 spiro atoms. The summed E-state index contributed by atoms with van der Waals surface area (Å²) in [6, 6.07) is 8.20. The van der Waals surface area contributed by atoms with Crippen molar-refractivity contribution in [3.63, 3.8) is 0 Å². The lowest BCUT2D eigenvalue weighted by Gasteiger charge is -2.17. The lowest BCUT2D eigenvalue weighted by molar-refractivity contribution is 0.197. The molecule has 1 heterocycles. The summed E-state index contributed by atoms with van der Waals surface area (Å²) in [5.41, 5.74) is 2.28. The van der Waals surface area contributed by atoms with Crippen molar-refractivity contribution >= 4 is 11.3 Å². The Labute approximate surface area is 130 Å². The molecule has 1 aromatic heterocycles. The second kappa shape index (κ2) is 7.54. The molecule has 1 N–H and O–H groups in total. The number of methoxy groups -OCH3 is 2. The third kappa shape index (κ3) is 4.03. The predicted molar refractivity (Wildman–Crippen MR) is 86.3 cm³/mol. The molecule has 0 aliphatic rings. The third-order valence-corrected chi connectivity index (χ3v) is 4.53. The van der Waals surface area contributed by atoms with E-state index in [4.69, 9.17) is 14.5 Å². The summed E-state index contributed by atoms with van der Waals surface area (Å²) < 4.78 is 10.4. The van der Waals surface area contributed by atoms with Crippen molar-refractivity contribution in [3.05, 3.63) is 45.4 Å². The molecule has 2 aromatic rings. The van der Waals surface area contributed by atoms with Crippen molar-refractivity contribution in [1.82, 2.24) is 10.3 Å². The average Bonchev–Trinajstić information content (AvgIpc) is 2.83. The SMILES string of the molecule is COCCNC(c1ccc(OC)cc1)c1nc(C)c(C)s1. The van der Waals surface area contributed by atoms with Gasteiger partial charge in [0.1, 0.15) is 10.8 Å². The molecule has 0 aliphatic heterocycles. The van der Waals surface area contributed by atoms with E-state index in [1.165, 1.54) is 10.4 Å². The van der Waals surface area contributed by atoms with E-state index in [2.05, 4.69) is 31.3 Å². The van der Waals surface area contributed by atoms with E-state index in [0.29, 0.717) is 6.61 Å². The van der Waals surface area contributed by atoms with Crippen LogP contribution in [0, 0.1) is 13.8 Å². The van der Waals surface area contributed by atoms with Gasteiger partial charge in [0.15, 0.2) is 0 Å². The molecule has 0 aliphatic carbocycles. The highest BCUT2D eigenvalue weighted by Crippen LogP contribution is 2.28. The summed E-state index contributed by atoms with van der Waals surface area (Å²) >= 11 is 1.74. The number of rotatable bonds is 7. The Balaban J connectivity index is 2.25. The molecule has 0 fully saturated rings. The van der Waals surface area contributed by atoms with Crippen LogP contribution in [0.5, 0.6) is 5.75 Å². The van der Waals surface area contributed by atoms with E-state index in [1.54, 1.807) is 25.6 Å². The van der Waals surface area contributed by atoms with E-state index in [1.807, 2.05) is 12.1 Å². The quantitative estimate of drug-likeness (QED) is 0.798. The van der Waals surface area contributed by atoms with E-state index in [9.17, 15) is 0 Å². The highest BCUT2D eigenvalue weighted by Gasteiger charge is 2.18. The normalized spacial score (nSPS) is 12.4. The molecule has 2 rings (SSSR count). The van der Waals surface area contributed by atoms with Crippen LogP contribution in [0.4, 0.5) is 0 Å². The summed E-state index contributed by atoms with van der Waals surface area (Å²) in [6.45, 7) is 5.62. The summed E-state index contributed by atoms with van der Waals surface area (Å²) in [5.74, 6) is 0.862. The smallest absolute Gasteiger partial charge is 0.118 e. The van der Waals surface area contributed by atoms with Gasteiger partial charge in [0.2, 0.25) is 0 Å². The van der Waals surface area contributed by atoms with E-state index in [-0.39, 0.29) is 6.04 Å². The second-order valence-electron chi connectivity index (χ2n) is 4.85. The van der Waals surface area contributed by atoms with Gasteiger partial charge < -0.3 is 14.8 Å². The van der Waals surface area contributed by atoms with Gasteiger partial charge in [-0.2, -0.15) is 0 Å². The number of hydrogen-bond donors (Lipinski definition) is 1. The fraction of sp³-hybridized carbons (Fsp3) is 0.438. The van der Waals surface area contributed by atoms with Crippen LogP contribution in [0.1, 0.15) is 27.2 Å². The third-order valence-electron chi connectivity index (χ3n) is 3.40. The van der Waals surface area contributed by atoms with Gasteiger partial charge in [-0.3, -0.25) is 0 Å². The van der Waals surface area contributed by atoms with Gasteiger partial charge in [0.05, 0.1) is 25.5 Å². The molecular formula is C16H22N2O2S. The molecule has 21 heavy (non-hydrogen) atoms. The maximum absolute atomic E-state index is 5.22. The largest absolute Gasteiger partial charge is 0.497 e. The molecule has 5 heteroatoms. The molecule has 1 aromatic carbocycles. The Hall–Kier alpha value is -1.43. The van der Waals surface area contributed by atoms with Crippen molar-refractivity contribution < 1.29 is 9.47 Å². The Morgan fingerprint density at radius 2 is 1.90 bits per heavy atom. The minimum absolute atomic E-state index is 0.0865. The van der Waals surface area contributed by atoms with Crippen LogP contribution in [0.2, 0.25) is 0 Å². The summed E-state index contributed by atoms with van der Waals surface area (Å²) in [4.78, 5) is 5.95. The highest BCUT2D eigenvalue weighted by molar-refractivity contribution is 7.11. The van der Waals surface area contributed by atoms with Gasteiger partial charge in [-0.25, -0.2) is 4.98 Å². The Bertz CT molecular complexity index is 547. The molecule has 1 unspecified atom stereocenters. The van der Waals surface area contributed by atoms with Gasteiger partial charge in [-0.1, -0.05) is 12.1 Å². The van der Waals surface area contributed by atoms with Crippen LogP contribution >= 0.6 is 11.3 Å². The number of thiazole rings is 1. The first kappa shape index (κ1) is 15.9. The first-order valence-electron chi connectivity index (χ1n) is 6.96. The Morgan fingerprint density at radius 3 is 2.43 bits per heavy atom. The first-order chi connectivity index (χ1) is 10.2. The van der Waals surface area contributed by atoms with E-state index < -0.39 is 0 Å². The molecule has 0 bridgehead atoms. The van der Waals surface area contributed by atoms with Crippen molar-refractivity contribution in [2.75, 3.05) is 27.4 Å². The standard InChI is InChI=1S/C16H22N2O2S/c1-11-12(2)21-16(18-11)15(17-9-10-19-3)13-5-7-14(20-4)8-6-13/h5-8,15,17H,9-10H2,1-4H3. The van der Waals surface area contributed by atoms with Crippen molar-refractivity contribution in [1.29, 1.82) is 0 Å². The molecule has 0 saturated carbocycles. The van der Waals surface area contributed by atoms with Crippen LogP contribution in [-0.2, 0) is 4.74 Å². The lowest BCUT2D eigenvalue weighted by atomic mass is 10.1. The number of ether oxygens (including phenoxy) is 2. The van der Waals surface area contributed by atoms with E-state index in [0.717, 1.165) is 23.0 Å². The minimum atomic E-state index is 0.0865. The number of aryl methyl sites for hydroxylation is 2. The van der Waals surface area contributed by atoms with E-state index >= 15 is 0 Å². The molecule has 0 radical (unpaired) electrons. The zero-order chi connectivity index (χ0) is 15.2. The Kier molecular flexibility index (Phi) is 5.73. The number of benzene rings is 1. The average molecular weight is 306 g/mol. The summed E-state index contributed by atoms with van der Waals surface area (Å²) in [7, 11) is 3.39. The molecular weight excluding hydrogens is 284 g/mol. The fourth-order valence-electron chi connectivity index (χ4n) is 2.07. The number of nitrogens with one attached hydrogen (secondary N) is 1. The van der Waals surface area contributed by atoms with Crippen molar-refractivity contribution in [3.8, 4) is 5.75 Å². The lowest BCUT2D eigenvalue weighted by Crippen LogP contribution is -2.25. The topological polar surface area (TPSA) is 43.4 Å². The van der Waals surface area contributed by atoms with Gasteiger partial charge in [-0.15, -0.1) is 11.3 Å². The minimum Gasteiger partial charge on any atom is -0.497 e. The monoisotopic (exact) mass is 306 g/mol. The van der Waals surface area contributed by atoms with Crippen molar-refractivity contribution in [2.24, 2.45) is 0 Å². The zero-order valence-electron chi connectivity index (χ0n) is 13.0. The first-order valence-corrected chi connectivity index (χ1v) is 7.77. The maximum Gasteiger partial charge on any atom is 0.118 e. The van der Waals surface area contributed by atoms with Crippen LogP contribution < -0.4 is 10.1 Å². The molecule has 1 atom stereocenters. The van der Waals surface area contributed by atoms with Gasteiger partial charge >= 0.3 is 0 Å². The maximum atomic E-state index is 5.22. The van der Waals surface area contributed by atoms with Crippen LogP contribution in [0.3, 0.4) is 0 Å². The van der Waals surface area contributed by atoms with Gasteiger partial charge in [-0.05, 0) is 31.5 Å². The molecule has 0 amide bonds. The van der Waals surface area contributed by atoms with Crippen LogP contribution in [0.25, 0.3) is 0 Å². The molecule has 0 saturated heterocycles. The van der Waals surface area contributed by atoms with Crippen LogP contribution in [-0.4, -0.2) is 32.4 Å². The summed E-state index contributed by atoms with van der Waals surface area (Å²) in [5, 5.41) is 4.60. The highest BCUT2D eigenvalue weighted by atomic mass is 32.1. The Morgan fingerprint density at radius 1 is 1.19 bits per heavy atom. The zero-order valence-corrected chi connectivity index (χ0v) is 13.8. The number of nitrogens with zero attached hydrogens (tertiary/aromatic N) is 1. The summed E-state index contributed by atoms with van der Waals surface area (Å²) in [6.07, 6.45) is 0. The number of hydrogen-bond acceptors (Lipinski definition) is 5. The second-order valence-corrected chi connectivity index (χ2v) is 6.08. The molecule has 4 nitrogen and oxygen atoms in total. The molecule has 114 valence electrons. The predicted octanol–water partition coefficient (Wildman–Crippen LogP) is 3.09. The number of aromatic nitrogens is 1. The van der Waals surface area contributed by atoms with Gasteiger partial charge in [0, 0.05) is 18.5 Å². The van der Waals surface area contributed by atoms with Gasteiger partial charge in [0.25, 0.3) is 0 Å². The van der Waals surface area contributed by atoms with Crippen LogP contribution in [0.15, 0.2) is 24.3 Å².